The van der Waals surface area contributed by atoms with Gasteiger partial charge >= 0.3 is 5.97 Å². The Morgan fingerprint density at radius 3 is 2.43 bits per heavy atom. The average molecular weight is 321 g/mol. The third-order valence-electron chi connectivity index (χ3n) is 4.02. The lowest BCUT2D eigenvalue weighted by Gasteiger charge is -2.38. The molecule has 0 unspecified atom stereocenters. The fourth-order valence-corrected chi connectivity index (χ4v) is 2.62. The van der Waals surface area contributed by atoms with Gasteiger partial charge in [-0.1, -0.05) is 12.1 Å². The van der Waals surface area contributed by atoms with Crippen molar-refractivity contribution < 1.29 is 23.8 Å². The molecule has 0 aromatic heterocycles. The van der Waals surface area contributed by atoms with Gasteiger partial charge in [-0.25, -0.2) is 9.18 Å². The fourth-order valence-electron chi connectivity index (χ4n) is 2.62. The van der Waals surface area contributed by atoms with E-state index in [2.05, 4.69) is 4.74 Å². The van der Waals surface area contributed by atoms with Crippen molar-refractivity contribution in [2.45, 2.75) is 24.9 Å². The second kappa shape index (κ2) is 7.37. The van der Waals surface area contributed by atoms with E-state index in [-0.39, 0.29) is 11.7 Å². The lowest BCUT2D eigenvalue weighted by atomic mass is 9.85. The number of rotatable bonds is 4. The highest BCUT2D eigenvalue weighted by Gasteiger charge is 2.33. The molecule has 1 N–H and O–H groups in total. The first-order chi connectivity index (χ1) is 10.9. The zero-order valence-corrected chi connectivity index (χ0v) is 13.0. The van der Waals surface area contributed by atoms with Gasteiger partial charge in [0.2, 0.25) is 5.91 Å². The number of hydrogen-bond donors (Lipinski definition) is 1. The van der Waals surface area contributed by atoms with Gasteiger partial charge in [-0.05, 0) is 30.5 Å². The van der Waals surface area contributed by atoms with Gasteiger partial charge in [-0.3, -0.25) is 4.79 Å². The zero-order valence-electron chi connectivity index (χ0n) is 13.0. The Morgan fingerprint density at radius 2 is 1.87 bits per heavy atom. The molecule has 0 radical (unpaired) electrons. The summed E-state index contributed by atoms with van der Waals surface area (Å²) in [7, 11) is 1.24. The van der Waals surface area contributed by atoms with E-state index in [9.17, 15) is 19.1 Å². The highest BCUT2D eigenvalue weighted by Crippen LogP contribution is 2.26. The number of esters is 1. The smallest absolute Gasteiger partial charge is 0.330 e. The molecule has 1 aromatic carbocycles. The minimum atomic E-state index is -0.902. The number of ether oxygens (including phenoxy) is 1. The van der Waals surface area contributed by atoms with Gasteiger partial charge < -0.3 is 14.7 Å². The summed E-state index contributed by atoms with van der Waals surface area (Å²) in [6, 6.07) is 6.05. The predicted octanol–water partition coefficient (Wildman–Crippen LogP) is 1.45. The Balaban J connectivity index is 1.89. The molecular weight excluding hydrogens is 301 g/mol. The van der Waals surface area contributed by atoms with E-state index in [0.29, 0.717) is 32.4 Å². The number of carbonyl (C=O) groups is 2. The lowest BCUT2D eigenvalue weighted by Crippen LogP contribution is -2.47. The van der Waals surface area contributed by atoms with Crippen molar-refractivity contribution in [1.29, 1.82) is 0 Å². The second-order valence-electron chi connectivity index (χ2n) is 5.71. The number of likely N-dealkylation sites (tertiary alicyclic amines) is 1. The number of benzene rings is 1. The van der Waals surface area contributed by atoms with Crippen LogP contribution in [0.15, 0.2) is 36.4 Å². The van der Waals surface area contributed by atoms with Gasteiger partial charge in [-0.2, -0.15) is 0 Å². The number of amides is 1. The summed E-state index contributed by atoms with van der Waals surface area (Å²) in [5.41, 5.74) is -0.0417. The molecule has 1 aromatic rings. The molecule has 1 amide bonds. The Labute approximate surface area is 134 Å². The van der Waals surface area contributed by atoms with Crippen LogP contribution in [0.25, 0.3) is 0 Å². The summed E-state index contributed by atoms with van der Waals surface area (Å²) in [6.45, 7) is 0.810. The Hall–Kier alpha value is -2.21. The van der Waals surface area contributed by atoms with Gasteiger partial charge in [0, 0.05) is 31.7 Å². The van der Waals surface area contributed by atoms with Crippen LogP contribution in [0.3, 0.4) is 0 Å². The number of halogens is 1. The monoisotopic (exact) mass is 321 g/mol. The van der Waals surface area contributed by atoms with Crippen molar-refractivity contribution in [1.82, 2.24) is 4.90 Å². The van der Waals surface area contributed by atoms with Crippen LogP contribution in [0.5, 0.6) is 0 Å². The maximum atomic E-state index is 12.9. The van der Waals surface area contributed by atoms with Crippen molar-refractivity contribution in [2.75, 3.05) is 20.2 Å². The van der Waals surface area contributed by atoms with Crippen LogP contribution in [-0.2, 0) is 20.7 Å². The first kappa shape index (κ1) is 17.1. The first-order valence-corrected chi connectivity index (χ1v) is 7.44. The predicted molar refractivity (Wildman–Crippen MR) is 82.0 cm³/mol. The van der Waals surface area contributed by atoms with E-state index < -0.39 is 11.6 Å². The summed E-state index contributed by atoms with van der Waals surface area (Å²) >= 11 is 0. The molecule has 124 valence electrons. The van der Waals surface area contributed by atoms with Gasteiger partial charge in [0.1, 0.15) is 5.82 Å². The molecular formula is C17H20FNO4. The number of methoxy groups -OCH3 is 1. The summed E-state index contributed by atoms with van der Waals surface area (Å²) < 4.78 is 17.3. The highest BCUT2D eigenvalue weighted by atomic mass is 19.1. The standard InChI is InChI=1S/C17H20FNO4/c1-23-16(21)7-6-15(20)19-10-8-17(22,9-11-19)12-13-2-4-14(18)5-3-13/h2-7,22H,8-12H2,1H3/b7-6+. The van der Waals surface area contributed by atoms with Crippen LogP contribution in [0, 0.1) is 5.82 Å². The third-order valence-corrected chi connectivity index (χ3v) is 4.02. The van der Waals surface area contributed by atoms with Crippen molar-refractivity contribution in [3.05, 3.63) is 47.8 Å². The Kier molecular flexibility index (Phi) is 5.50. The van der Waals surface area contributed by atoms with Crippen LogP contribution in [0.2, 0.25) is 0 Å². The first-order valence-electron chi connectivity index (χ1n) is 7.44. The molecule has 0 aliphatic carbocycles. The lowest BCUT2D eigenvalue weighted by molar-refractivity contribution is -0.136. The summed E-state index contributed by atoms with van der Waals surface area (Å²) in [5.74, 6) is -1.17. The summed E-state index contributed by atoms with van der Waals surface area (Å²) in [5, 5.41) is 10.6. The number of carbonyl (C=O) groups excluding carboxylic acids is 2. The van der Waals surface area contributed by atoms with Crippen LogP contribution in [-0.4, -0.2) is 47.7 Å². The molecule has 6 heteroatoms. The SMILES string of the molecule is COC(=O)/C=C/C(=O)N1CCC(O)(Cc2ccc(F)cc2)CC1. The van der Waals surface area contributed by atoms with E-state index in [1.807, 2.05) is 0 Å². The topological polar surface area (TPSA) is 66.8 Å². The van der Waals surface area contributed by atoms with Gasteiger partial charge in [0.25, 0.3) is 0 Å². The molecule has 1 aliphatic heterocycles. The van der Waals surface area contributed by atoms with E-state index in [0.717, 1.165) is 11.6 Å². The molecule has 0 bridgehead atoms. The molecule has 2 rings (SSSR count). The molecule has 23 heavy (non-hydrogen) atoms. The third kappa shape index (κ3) is 4.89. The van der Waals surface area contributed by atoms with Gasteiger partial charge in [-0.15, -0.1) is 0 Å². The normalized spacial score (nSPS) is 17.3. The molecule has 1 saturated heterocycles. The van der Waals surface area contributed by atoms with Crippen LogP contribution >= 0.6 is 0 Å². The molecule has 0 atom stereocenters. The Morgan fingerprint density at radius 1 is 1.26 bits per heavy atom. The van der Waals surface area contributed by atoms with Crippen molar-refractivity contribution in [2.24, 2.45) is 0 Å². The van der Waals surface area contributed by atoms with E-state index in [4.69, 9.17) is 0 Å². The average Bonchev–Trinajstić information content (AvgIpc) is 2.55. The van der Waals surface area contributed by atoms with Crippen LogP contribution in [0.1, 0.15) is 18.4 Å². The molecule has 0 saturated carbocycles. The number of hydrogen-bond acceptors (Lipinski definition) is 4. The van der Waals surface area contributed by atoms with Crippen LogP contribution < -0.4 is 0 Å². The number of nitrogens with zero attached hydrogens (tertiary/aromatic N) is 1. The van der Waals surface area contributed by atoms with E-state index in [1.54, 1.807) is 17.0 Å². The van der Waals surface area contributed by atoms with Crippen molar-refractivity contribution in [3.8, 4) is 0 Å². The summed E-state index contributed by atoms with van der Waals surface area (Å²) in [6.07, 6.45) is 3.55. The van der Waals surface area contributed by atoms with Crippen LogP contribution in [0.4, 0.5) is 4.39 Å². The highest BCUT2D eigenvalue weighted by molar-refractivity contribution is 5.94. The fraction of sp³-hybridized carbons (Fsp3) is 0.412. The van der Waals surface area contributed by atoms with Crippen molar-refractivity contribution in [3.63, 3.8) is 0 Å². The van der Waals surface area contributed by atoms with Gasteiger partial charge in [0.15, 0.2) is 0 Å². The maximum absolute atomic E-state index is 12.9. The minimum absolute atomic E-state index is 0.278. The van der Waals surface area contributed by atoms with E-state index >= 15 is 0 Å². The molecule has 5 nitrogen and oxygen atoms in total. The largest absolute Gasteiger partial charge is 0.466 e. The molecule has 1 heterocycles. The molecule has 1 aliphatic rings. The second-order valence-corrected chi connectivity index (χ2v) is 5.71. The van der Waals surface area contributed by atoms with Crippen molar-refractivity contribution >= 4 is 11.9 Å². The number of aliphatic hydroxyl groups is 1. The maximum Gasteiger partial charge on any atom is 0.330 e. The molecule has 0 spiro atoms. The minimum Gasteiger partial charge on any atom is -0.466 e. The molecule has 1 fully saturated rings. The van der Waals surface area contributed by atoms with E-state index in [1.165, 1.54) is 25.3 Å². The number of piperidine rings is 1. The van der Waals surface area contributed by atoms with Gasteiger partial charge in [0.05, 0.1) is 12.7 Å². The summed E-state index contributed by atoms with van der Waals surface area (Å²) in [4.78, 5) is 24.5. The zero-order chi connectivity index (χ0) is 16.9. The quantitative estimate of drug-likeness (QED) is 0.673. The Bertz CT molecular complexity index is 589.